The molecule has 2 heterocycles. The van der Waals surface area contributed by atoms with E-state index < -0.39 is 0 Å². The van der Waals surface area contributed by atoms with Crippen LogP contribution >= 0.6 is 0 Å². The molecule has 5 nitrogen and oxygen atoms in total. The molecule has 0 spiro atoms. The van der Waals surface area contributed by atoms with Crippen molar-refractivity contribution < 1.29 is 0 Å². The van der Waals surface area contributed by atoms with Gasteiger partial charge in [-0.25, -0.2) is 0 Å². The molecule has 4 N–H and O–H groups in total. The van der Waals surface area contributed by atoms with Crippen molar-refractivity contribution in [2.45, 2.75) is 127 Å². The van der Waals surface area contributed by atoms with Crippen LogP contribution in [0.3, 0.4) is 0 Å². The fraction of sp³-hybridized carbons (Fsp3) is 0.815. The Morgan fingerprint density at radius 3 is 1.47 bits per heavy atom. The molecule has 4 aliphatic rings. The maximum atomic E-state index is 5.15. The van der Waals surface area contributed by atoms with Crippen molar-refractivity contribution in [2.24, 2.45) is 0 Å². The molecule has 178 valence electrons. The number of hydrogen-bond acceptors (Lipinski definition) is 5. The van der Waals surface area contributed by atoms with Gasteiger partial charge in [0, 0.05) is 50.3 Å². The van der Waals surface area contributed by atoms with Crippen LogP contribution in [0.5, 0.6) is 0 Å². The van der Waals surface area contributed by atoms with E-state index in [1.54, 1.807) is 5.56 Å². The van der Waals surface area contributed by atoms with Gasteiger partial charge < -0.3 is 21.3 Å². The third-order valence-corrected chi connectivity index (χ3v) is 8.59. The highest BCUT2D eigenvalue weighted by molar-refractivity contribution is 5.26. The van der Waals surface area contributed by atoms with Gasteiger partial charge in [-0.05, 0) is 62.1 Å². The topological polar surface area (TPSA) is 61.0 Å². The van der Waals surface area contributed by atoms with Crippen molar-refractivity contribution in [1.29, 1.82) is 0 Å². The molecule has 0 unspecified atom stereocenters. The van der Waals surface area contributed by atoms with Gasteiger partial charge in [-0.15, -0.1) is 0 Å². The summed E-state index contributed by atoms with van der Waals surface area (Å²) in [7, 11) is 0. The Hall–Kier alpha value is -1.01. The first-order chi connectivity index (χ1) is 15.8. The van der Waals surface area contributed by atoms with Crippen LogP contribution < -0.4 is 21.3 Å². The molecule has 0 saturated heterocycles. The highest BCUT2D eigenvalue weighted by Crippen LogP contribution is 2.33. The summed E-state index contributed by atoms with van der Waals surface area (Å²) in [6.07, 6.45) is 17.5. The Bertz CT molecular complexity index is 668. The highest BCUT2D eigenvalue weighted by atomic mass is 15.1. The van der Waals surface area contributed by atoms with E-state index in [9.17, 15) is 0 Å². The predicted octanol–water partition coefficient (Wildman–Crippen LogP) is 4.12. The third kappa shape index (κ3) is 5.91. The largest absolute Gasteiger partial charge is 0.311 e. The average Bonchev–Trinajstić information content (AvgIpc) is 2.85. The molecular formula is C27H45N5. The van der Waals surface area contributed by atoms with E-state index in [1.165, 1.54) is 94.9 Å². The van der Waals surface area contributed by atoms with Crippen LogP contribution in [0, 0.1) is 0 Å². The molecule has 32 heavy (non-hydrogen) atoms. The second-order valence-corrected chi connectivity index (χ2v) is 10.9. The highest BCUT2D eigenvalue weighted by Gasteiger charge is 2.27. The minimum atomic E-state index is 0.568. The number of pyridine rings is 1. The minimum Gasteiger partial charge on any atom is -0.311 e. The van der Waals surface area contributed by atoms with Gasteiger partial charge >= 0.3 is 0 Å². The third-order valence-electron chi connectivity index (χ3n) is 8.59. The second kappa shape index (κ2) is 11.4. The lowest BCUT2D eigenvalue weighted by Gasteiger charge is -2.34. The van der Waals surface area contributed by atoms with Gasteiger partial charge in [-0.3, -0.25) is 4.98 Å². The Morgan fingerprint density at radius 2 is 0.969 bits per heavy atom. The summed E-state index contributed by atoms with van der Waals surface area (Å²) < 4.78 is 0. The smallest absolute Gasteiger partial charge is 0.0548 e. The minimum absolute atomic E-state index is 0.568. The van der Waals surface area contributed by atoms with Crippen molar-refractivity contribution in [2.75, 3.05) is 13.1 Å². The molecule has 3 fully saturated rings. The number of rotatable bonds is 1. The number of nitrogens with zero attached hydrogens (tertiary/aromatic N) is 1. The maximum absolute atomic E-state index is 5.15. The quantitative estimate of drug-likeness (QED) is 0.530. The van der Waals surface area contributed by atoms with Crippen LogP contribution in [0.25, 0.3) is 0 Å². The standard InChI is InChI=1S/C27H45N5/c1-2-8-20(9-3-1)21-16-22-18-30-26-12-6-4-10-24(26)28-14-15-29-25-11-5-7-13-27(25)31-19-23(17-21)32-22/h16-17,20,24-31H,1-15,18-19H2/t24-,25-,26-,27-/m1/s1. The maximum Gasteiger partial charge on any atom is 0.0548 e. The van der Waals surface area contributed by atoms with E-state index in [-0.39, 0.29) is 0 Å². The fourth-order valence-corrected chi connectivity index (χ4v) is 6.75. The first kappa shape index (κ1) is 22.8. The van der Waals surface area contributed by atoms with Gasteiger partial charge in [0.05, 0.1) is 11.4 Å². The number of aromatic nitrogens is 1. The zero-order valence-electron chi connectivity index (χ0n) is 20.0. The second-order valence-electron chi connectivity index (χ2n) is 10.9. The summed E-state index contributed by atoms with van der Waals surface area (Å²) in [6, 6.07) is 7.19. The van der Waals surface area contributed by atoms with Crippen LogP contribution in [-0.4, -0.2) is 42.2 Å². The van der Waals surface area contributed by atoms with E-state index in [1.807, 2.05) is 0 Å². The molecule has 1 aromatic rings. The Kier molecular flexibility index (Phi) is 8.12. The molecule has 0 aromatic carbocycles. The number of nitrogens with one attached hydrogen (secondary N) is 4. The molecule has 2 bridgehead atoms. The summed E-state index contributed by atoms with van der Waals surface area (Å²) in [5.41, 5.74) is 4.05. The zero-order valence-corrected chi connectivity index (χ0v) is 20.0. The first-order valence-corrected chi connectivity index (χ1v) is 13.8. The molecule has 0 amide bonds. The van der Waals surface area contributed by atoms with Crippen LogP contribution in [0.4, 0.5) is 0 Å². The molecule has 4 atom stereocenters. The van der Waals surface area contributed by atoms with E-state index >= 15 is 0 Å². The van der Waals surface area contributed by atoms with Crippen molar-refractivity contribution in [3.63, 3.8) is 0 Å². The van der Waals surface area contributed by atoms with E-state index in [2.05, 4.69) is 33.4 Å². The van der Waals surface area contributed by atoms with Crippen LogP contribution in [0.1, 0.15) is 106 Å². The molecule has 5 rings (SSSR count). The van der Waals surface area contributed by atoms with Crippen molar-refractivity contribution >= 4 is 0 Å². The van der Waals surface area contributed by atoms with Crippen molar-refractivity contribution in [3.8, 4) is 0 Å². The Balaban J connectivity index is 1.37. The molecule has 0 radical (unpaired) electrons. The molecular weight excluding hydrogens is 394 g/mol. The summed E-state index contributed by atoms with van der Waals surface area (Å²) >= 11 is 0. The Labute approximate surface area is 195 Å². The molecule has 1 aromatic heterocycles. The van der Waals surface area contributed by atoms with Gasteiger partial charge in [0.1, 0.15) is 0 Å². The summed E-state index contributed by atoms with van der Waals surface area (Å²) in [6.45, 7) is 3.95. The lowest BCUT2D eigenvalue weighted by Crippen LogP contribution is -2.53. The van der Waals surface area contributed by atoms with Crippen molar-refractivity contribution in [1.82, 2.24) is 26.3 Å². The van der Waals surface area contributed by atoms with Gasteiger partial charge in [0.2, 0.25) is 0 Å². The van der Waals surface area contributed by atoms with Gasteiger partial charge in [0.25, 0.3) is 0 Å². The first-order valence-electron chi connectivity index (χ1n) is 13.8. The lowest BCUT2D eigenvalue weighted by atomic mass is 9.84. The SMILES string of the molecule is c1c(C2CCCCC2)cc2nc1CN[C@@H]1CCCC[C@H]1NCCN[C@@H]1CCCC[C@H]1NC2. The normalized spacial score (nSPS) is 33.4. The molecule has 3 saturated carbocycles. The van der Waals surface area contributed by atoms with E-state index in [0.29, 0.717) is 24.2 Å². The summed E-state index contributed by atoms with van der Waals surface area (Å²) in [5.74, 6) is 0.736. The van der Waals surface area contributed by atoms with Crippen LogP contribution in [0.2, 0.25) is 0 Å². The molecule has 5 heteroatoms. The van der Waals surface area contributed by atoms with E-state index in [0.717, 1.165) is 32.1 Å². The number of fused-ring (bicyclic) bond motifs is 4. The van der Waals surface area contributed by atoms with Crippen LogP contribution in [-0.2, 0) is 13.1 Å². The van der Waals surface area contributed by atoms with Gasteiger partial charge in [-0.1, -0.05) is 44.9 Å². The molecule has 1 aliphatic heterocycles. The number of hydrogen-bond donors (Lipinski definition) is 4. The van der Waals surface area contributed by atoms with E-state index in [4.69, 9.17) is 4.98 Å². The fourth-order valence-electron chi connectivity index (χ4n) is 6.75. The average molecular weight is 440 g/mol. The monoisotopic (exact) mass is 439 g/mol. The molecule has 3 aliphatic carbocycles. The predicted molar refractivity (Wildman–Crippen MR) is 132 cm³/mol. The zero-order chi connectivity index (χ0) is 21.6. The van der Waals surface area contributed by atoms with Gasteiger partial charge in [-0.2, -0.15) is 0 Å². The van der Waals surface area contributed by atoms with Crippen molar-refractivity contribution in [3.05, 3.63) is 29.1 Å². The summed E-state index contributed by atoms with van der Waals surface area (Å²) in [4.78, 5) is 5.15. The lowest BCUT2D eigenvalue weighted by molar-refractivity contribution is 0.266. The van der Waals surface area contributed by atoms with Crippen LogP contribution in [0.15, 0.2) is 12.1 Å². The summed E-state index contributed by atoms with van der Waals surface area (Å²) in [5, 5.41) is 15.6. The Morgan fingerprint density at radius 1 is 0.531 bits per heavy atom. The van der Waals surface area contributed by atoms with Gasteiger partial charge in [0.15, 0.2) is 0 Å².